The first kappa shape index (κ1) is 22.2. The van der Waals surface area contributed by atoms with Crippen molar-refractivity contribution in [1.29, 1.82) is 0 Å². The van der Waals surface area contributed by atoms with Crippen LogP contribution in [0.5, 0.6) is 17.2 Å². The zero-order valence-corrected chi connectivity index (χ0v) is 19.2. The molecule has 6 rings (SSSR count). The quantitative estimate of drug-likeness (QED) is 0.272. The molecule has 36 heavy (non-hydrogen) atoms. The smallest absolute Gasteiger partial charge is 0.138 e. The highest BCUT2D eigenvalue weighted by Gasteiger charge is 2.25. The Bertz CT molecular complexity index is 1790. The van der Waals surface area contributed by atoms with Crippen molar-refractivity contribution in [3.05, 3.63) is 84.9 Å². The van der Waals surface area contributed by atoms with E-state index in [0.29, 0.717) is 5.56 Å². The van der Waals surface area contributed by atoms with Crippen molar-refractivity contribution in [2.24, 2.45) is 0 Å². The summed E-state index contributed by atoms with van der Waals surface area (Å²) in [6.07, 6.45) is 0. The third-order valence-electron chi connectivity index (χ3n) is 6.86. The lowest BCUT2D eigenvalue weighted by Crippen LogP contribution is -2.30. The van der Waals surface area contributed by atoms with Crippen molar-refractivity contribution < 1.29 is 15.3 Å². The summed E-state index contributed by atoms with van der Waals surface area (Å²) in [6.45, 7) is 0. The molecule has 0 aromatic heterocycles. The molecule has 6 aromatic carbocycles. The van der Waals surface area contributed by atoms with Gasteiger partial charge in [-0.05, 0) is 49.6 Å². The topological polar surface area (TPSA) is 60.7 Å². The molecule has 0 fully saturated rings. The monoisotopic (exact) mass is 458 g/mol. The number of phenols is 3. The highest BCUT2D eigenvalue weighted by molar-refractivity contribution is 6.57. The molecule has 3 nitrogen and oxygen atoms in total. The van der Waals surface area contributed by atoms with Crippen LogP contribution in [0.15, 0.2) is 84.9 Å². The zero-order chi connectivity index (χ0) is 25.1. The number of hydrogen-bond donors (Lipinski definition) is 3. The van der Waals surface area contributed by atoms with Gasteiger partial charge in [0.15, 0.2) is 0 Å². The fourth-order valence-corrected chi connectivity index (χ4v) is 5.26. The molecule has 3 N–H and O–H groups in total. The lowest BCUT2D eigenvalue weighted by molar-refractivity contribution is 0.454. The van der Waals surface area contributed by atoms with Gasteiger partial charge in [-0.1, -0.05) is 89.8 Å². The van der Waals surface area contributed by atoms with Crippen LogP contribution in [0.2, 0.25) is 0 Å². The highest BCUT2D eigenvalue weighted by Crippen LogP contribution is 2.50. The predicted molar refractivity (Wildman–Crippen MR) is 151 cm³/mol. The number of hydrogen-bond acceptors (Lipinski definition) is 3. The van der Waals surface area contributed by atoms with Gasteiger partial charge in [0.2, 0.25) is 0 Å². The van der Waals surface area contributed by atoms with E-state index < -0.39 is 0 Å². The fourth-order valence-electron chi connectivity index (χ4n) is 5.26. The fraction of sp³-hybridized carbons (Fsp3) is 0. The second-order valence-corrected chi connectivity index (χ2v) is 8.84. The second kappa shape index (κ2) is 8.13. The zero-order valence-electron chi connectivity index (χ0n) is 19.2. The van der Waals surface area contributed by atoms with Gasteiger partial charge in [-0.25, -0.2) is 0 Å². The van der Waals surface area contributed by atoms with Crippen molar-refractivity contribution in [3.63, 3.8) is 0 Å². The summed E-state index contributed by atoms with van der Waals surface area (Å²) in [7, 11) is 18.4. The molecule has 164 valence electrons. The van der Waals surface area contributed by atoms with Crippen molar-refractivity contribution in [2.45, 2.75) is 0 Å². The van der Waals surface area contributed by atoms with E-state index >= 15 is 0 Å². The van der Waals surface area contributed by atoms with Gasteiger partial charge in [0.1, 0.15) is 40.8 Å². The van der Waals surface area contributed by atoms with E-state index in [4.69, 9.17) is 23.5 Å². The average Bonchev–Trinajstić information content (AvgIpc) is 2.89. The molecule has 0 aliphatic heterocycles. The van der Waals surface area contributed by atoms with Gasteiger partial charge in [0.25, 0.3) is 0 Å². The minimum absolute atomic E-state index is 0.0345. The summed E-state index contributed by atoms with van der Waals surface area (Å²) in [5, 5.41) is 37.3. The SMILES string of the molecule is [B]c1cc(O)c2c(O)c(-c3c4ccccc4c(-c4ccccc4)c4ccccc34)c(O)c([B])c2c1[B]. The number of benzene rings is 6. The molecule has 6 aromatic rings. The summed E-state index contributed by atoms with van der Waals surface area (Å²) in [5.41, 5.74) is 2.90. The van der Waals surface area contributed by atoms with Gasteiger partial charge < -0.3 is 15.3 Å². The van der Waals surface area contributed by atoms with Crippen molar-refractivity contribution in [3.8, 4) is 39.5 Å². The van der Waals surface area contributed by atoms with E-state index in [2.05, 4.69) is 12.1 Å². The van der Waals surface area contributed by atoms with Crippen LogP contribution in [-0.2, 0) is 0 Å². The Labute approximate surface area is 211 Å². The van der Waals surface area contributed by atoms with Crippen LogP contribution in [0, 0.1) is 0 Å². The van der Waals surface area contributed by atoms with Gasteiger partial charge in [-0.2, -0.15) is 0 Å². The molecule has 0 amide bonds. The first-order valence-corrected chi connectivity index (χ1v) is 11.4. The largest absolute Gasteiger partial charge is 0.508 e. The van der Waals surface area contributed by atoms with E-state index in [1.54, 1.807) is 0 Å². The van der Waals surface area contributed by atoms with E-state index in [-0.39, 0.29) is 50.0 Å². The van der Waals surface area contributed by atoms with Gasteiger partial charge in [-0.3, -0.25) is 0 Å². The Hall–Kier alpha value is -4.31. The lowest BCUT2D eigenvalue weighted by atomic mass is 9.72. The summed E-state index contributed by atoms with van der Waals surface area (Å²) in [5.74, 6) is -0.945. The molecule has 0 bridgehead atoms. The molecule has 0 saturated carbocycles. The Balaban J connectivity index is 1.86. The van der Waals surface area contributed by atoms with E-state index in [1.807, 2.05) is 66.7 Å². The van der Waals surface area contributed by atoms with Crippen LogP contribution in [0.25, 0.3) is 54.6 Å². The minimum atomic E-state index is -0.334. The van der Waals surface area contributed by atoms with E-state index in [1.165, 1.54) is 6.07 Å². The molecular weight excluding hydrogens is 441 g/mol. The van der Waals surface area contributed by atoms with Crippen LogP contribution < -0.4 is 16.4 Å². The molecule has 0 unspecified atom stereocenters. The van der Waals surface area contributed by atoms with Crippen LogP contribution in [0.4, 0.5) is 0 Å². The van der Waals surface area contributed by atoms with Gasteiger partial charge in [0.05, 0.1) is 10.9 Å². The molecule has 0 spiro atoms. The van der Waals surface area contributed by atoms with Crippen LogP contribution in [-0.4, -0.2) is 38.9 Å². The molecular formula is C30H17B3O3. The number of aromatic hydroxyl groups is 3. The molecule has 6 heteroatoms. The third-order valence-corrected chi connectivity index (χ3v) is 6.86. The third kappa shape index (κ3) is 3.04. The van der Waals surface area contributed by atoms with Gasteiger partial charge in [-0.15, -0.1) is 0 Å². The van der Waals surface area contributed by atoms with Gasteiger partial charge in [0, 0.05) is 5.56 Å². The van der Waals surface area contributed by atoms with Crippen molar-refractivity contribution >= 4 is 72.2 Å². The molecule has 0 aliphatic rings. The Morgan fingerprint density at radius 3 is 1.53 bits per heavy atom. The summed E-state index contributed by atoms with van der Waals surface area (Å²) in [6, 6.07) is 27.0. The number of rotatable bonds is 2. The van der Waals surface area contributed by atoms with E-state index in [9.17, 15) is 15.3 Å². The van der Waals surface area contributed by atoms with Crippen LogP contribution in [0.3, 0.4) is 0 Å². The molecule has 0 atom stereocenters. The maximum absolute atomic E-state index is 11.5. The first-order chi connectivity index (χ1) is 17.4. The summed E-state index contributed by atoms with van der Waals surface area (Å²) >= 11 is 0. The highest BCUT2D eigenvalue weighted by atomic mass is 16.3. The summed E-state index contributed by atoms with van der Waals surface area (Å²) in [4.78, 5) is 0. The first-order valence-electron chi connectivity index (χ1n) is 11.4. The standard InChI is InChI=1S/C30H17B3O3/c31-20-14-21(34)24-25(27(20)32)28(33)30(36)26(29(24)35)23-18-12-6-4-10-16(18)22(15-8-2-1-3-9-15)17-11-5-7-13-19(17)23/h1-14,34-36H. The average molecular weight is 458 g/mol. The second-order valence-electron chi connectivity index (χ2n) is 8.84. The Morgan fingerprint density at radius 1 is 0.472 bits per heavy atom. The minimum Gasteiger partial charge on any atom is -0.508 e. The maximum atomic E-state index is 11.5. The van der Waals surface area contributed by atoms with Crippen LogP contribution in [0.1, 0.15) is 0 Å². The van der Waals surface area contributed by atoms with Crippen molar-refractivity contribution in [2.75, 3.05) is 0 Å². The van der Waals surface area contributed by atoms with Gasteiger partial charge >= 0.3 is 0 Å². The predicted octanol–water partition coefficient (Wildman–Crippen LogP) is 3.98. The number of fused-ring (bicyclic) bond motifs is 3. The molecule has 6 radical (unpaired) electrons. The number of phenolic OH excluding ortho intramolecular Hbond substituents is 3. The van der Waals surface area contributed by atoms with Crippen molar-refractivity contribution in [1.82, 2.24) is 0 Å². The maximum Gasteiger partial charge on any atom is 0.138 e. The lowest BCUT2D eigenvalue weighted by Gasteiger charge is -2.22. The molecule has 0 heterocycles. The van der Waals surface area contributed by atoms with Crippen LogP contribution >= 0.6 is 0 Å². The van der Waals surface area contributed by atoms with E-state index in [0.717, 1.165) is 32.7 Å². The summed E-state index contributed by atoms with van der Waals surface area (Å²) < 4.78 is 0. The Morgan fingerprint density at radius 2 is 0.972 bits per heavy atom. The molecule has 0 aliphatic carbocycles. The normalized spacial score (nSPS) is 11.4. The Kier molecular flexibility index (Phi) is 5.01. The molecule has 0 saturated heterocycles.